The van der Waals surface area contributed by atoms with Gasteiger partial charge in [-0.2, -0.15) is 0 Å². The first-order valence-corrected chi connectivity index (χ1v) is 5.85. The van der Waals surface area contributed by atoms with E-state index < -0.39 is 5.97 Å². The summed E-state index contributed by atoms with van der Waals surface area (Å²) < 4.78 is 0. The van der Waals surface area contributed by atoms with Crippen molar-refractivity contribution in [1.82, 2.24) is 4.90 Å². The predicted molar refractivity (Wildman–Crippen MR) is 58.8 cm³/mol. The van der Waals surface area contributed by atoms with Gasteiger partial charge in [0.15, 0.2) is 0 Å². The summed E-state index contributed by atoms with van der Waals surface area (Å²) in [7, 11) is 0. The number of rotatable bonds is 3. The van der Waals surface area contributed by atoms with Crippen LogP contribution in [-0.4, -0.2) is 34.6 Å². The standard InChI is InChI=1S/C12H19NO2/c14-11(15)10-12(6-2-1-3-7-12)13-8-4-5-9-13/h4-5H,1-3,6-10H2,(H,14,15). The normalized spacial score (nSPS) is 25.6. The minimum absolute atomic E-state index is 0.0480. The summed E-state index contributed by atoms with van der Waals surface area (Å²) in [5.41, 5.74) is -0.0480. The van der Waals surface area contributed by atoms with Gasteiger partial charge in [0.05, 0.1) is 6.42 Å². The third-order valence-electron chi connectivity index (χ3n) is 3.75. The van der Waals surface area contributed by atoms with E-state index in [4.69, 9.17) is 5.11 Å². The molecule has 0 aromatic carbocycles. The minimum atomic E-state index is -0.649. The molecule has 0 bridgehead atoms. The lowest BCUT2D eigenvalue weighted by molar-refractivity contribution is -0.141. The van der Waals surface area contributed by atoms with Gasteiger partial charge in [0.1, 0.15) is 0 Å². The number of nitrogens with zero attached hydrogens (tertiary/aromatic N) is 1. The van der Waals surface area contributed by atoms with Gasteiger partial charge in [-0.05, 0) is 12.8 Å². The lowest BCUT2D eigenvalue weighted by Gasteiger charge is -2.43. The van der Waals surface area contributed by atoms with E-state index in [-0.39, 0.29) is 5.54 Å². The third-order valence-corrected chi connectivity index (χ3v) is 3.75. The number of carbonyl (C=O) groups is 1. The largest absolute Gasteiger partial charge is 0.481 e. The summed E-state index contributed by atoms with van der Waals surface area (Å²) in [4.78, 5) is 13.3. The Morgan fingerprint density at radius 1 is 1.20 bits per heavy atom. The molecule has 1 N–H and O–H groups in total. The zero-order valence-electron chi connectivity index (χ0n) is 9.11. The molecule has 3 nitrogen and oxygen atoms in total. The van der Waals surface area contributed by atoms with Crippen LogP contribution in [0.4, 0.5) is 0 Å². The molecule has 0 unspecified atom stereocenters. The molecule has 15 heavy (non-hydrogen) atoms. The molecule has 1 fully saturated rings. The van der Waals surface area contributed by atoms with Crippen LogP contribution in [0, 0.1) is 0 Å². The quantitative estimate of drug-likeness (QED) is 0.723. The number of carboxylic acids is 1. The Labute approximate surface area is 90.8 Å². The Balaban J connectivity index is 2.09. The van der Waals surface area contributed by atoms with Crippen LogP contribution in [0.3, 0.4) is 0 Å². The first-order valence-electron chi connectivity index (χ1n) is 5.85. The number of hydrogen-bond donors (Lipinski definition) is 1. The van der Waals surface area contributed by atoms with E-state index in [2.05, 4.69) is 17.1 Å². The maximum absolute atomic E-state index is 11.0. The average Bonchev–Trinajstić information content (AvgIpc) is 2.71. The zero-order chi connectivity index (χ0) is 10.7. The molecule has 84 valence electrons. The molecule has 0 aromatic rings. The van der Waals surface area contributed by atoms with Gasteiger partial charge in [0, 0.05) is 18.6 Å². The summed E-state index contributed by atoms with van der Waals surface area (Å²) in [6.45, 7) is 1.88. The highest BCUT2D eigenvalue weighted by Gasteiger charge is 2.39. The van der Waals surface area contributed by atoms with E-state index in [0.29, 0.717) is 6.42 Å². The van der Waals surface area contributed by atoms with Crippen molar-refractivity contribution in [1.29, 1.82) is 0 Å². The molecular weight excluding hydrogens is 190 g/mol. The van der Waals surface area contributed by atoms with Crippen molar-refractivity contribution in [2.75, 3.05) is 13.1 Å². The van der Waals surface area contributed by atoms with Gasteiger partial charge in [-0.3, -0.25) is 9.69 Å². The van der Waals surface area contributed by atoms with Gasteiger partial charge in [-0.1, -0.05) is 31.4 Å². The highest BCUT2D eigenvalue weighted by atomic mass is 16.4. The van der Waals surface area contributed by atoms with E-state index in [1.165, 1.54) is 19.3 Å². The second-order valence-electron chi connectivity index (χ2n) is 4.73. The zero-order valence-corrected chi connectivity index (χ0v) is 9.11. The molecular formula is C12H19NO2. The van der Waals surface area contributed by atoms with Gasteiger partial charge in [0.2, 0.25) is 0 Å². The lowest BCUT2D eigenvalue weighted by Crippen LogP contribution is -2.50. The lowest BCUT2D eigenvalue weighted by atomic mass is 9.78. The summed E-state index contributed by atoms with van der Waals surface area (Å²) in [5, 5.41) is 9.04. The molecule has 3 heteroatoms. The van der Waals surface area contributed by atoms with Gasteiger partial charge in [-0.25, -0.2) is 0 Å². The fourth-order valence-corrected chi connectivity index (χ4v) is 2.96. The highest BCUT2D eigenvalue weighted by molar-refractivity contribution is 5.68. The van der Waals surface area contributed by atoms with Gasteiger partial charge in [-0.15, -0.1) is 0 Å². The average molecular weight is 209 g/mol. The monoisotopic (exact) mass is 209 g/mol. The molecule has 0 radical (unpaired) electrons. The maximum atomic E-state index is 11.0. The van der Waals surface area contributed by atoms with Crippen molar-refractivity contribution in [2.24, 2.45) is 0 Å². The van der Waals surface area contributed by atoms with Crippen LogP contribution in [0.1, 0.15) is 38.5 Å². The van der Waals surface area contributed by atoms with E-state index in [1.54, 1.807) is 0 Å². The van der Waals surface area contributed by atoms with Crippen molar-refractivity contribution < 1.29 is 9.90 Å². The van der Waals surface area contributed by atoms with E-state index >= 15 is 0 Å². The Morgan fingerprint density at radius 3 is 2.33 bits per heavy atom. The molecule has 0 atom stereocenters. The third kappa shape index (κ3) is 2.23. The summed E-state index contributed by atoms with van der Waals surface area (Å²) in [5.74, 6) is -0.649. The molecule has 0 aromatic heterocycles. The smallest absolute Gasteiger partial charge is 0.305 e. The van der Waals surface area contributed by atoms with Crippen LogP contribution in [0.5, 0.6) is 0 Å². The molecule has 2 aliphatic rings. The minimum Gasteiger partial charge on any atom is -0.481 e. The van der Waals surface area contributed by atoms with E-state index in [1.807, 2.05) is 0 Å². The van der Waals surface area contributed by atoms with Crippen molar-refractivity contribution in [3.05, 3.63) is 12.2 Å². The number of hydrogen-bond acceptors (Lipinski definition) is 2. The first-order chi connectivity index (χ1) is 7.23. The molecule has 1 heterocycles. The van der Waals surface area contributed by atoms with Crippen molar-refractivity contribution in [2.45, 2.75) is 44.1 Å². The summed E-state index contributed by atoms with van der Waals surface area (Å²) in [6, 6.07) is 0. The topological polar surface area (TPSA) is 40.5 Å². The Bertz CT molecular complexity index is 259. The predicted octanol–water partition coefficient (Wildman–Crippen LogP) is 2.04. The number of aliphatic carboxylic acids is 1. The second kappa shape index (κ2) is 4.35. The van der Waals surface area contributed by atoms with E-state index in [0.717, 1.165) is 25.9 Å². The van der Waals surface area contributed by atoms with Crippen LogP contribution < -0.4 is 0 Å². The second-order valence-corrected chi connectivity index (χ2v) is 4.73. The van der Waals surface area contributed by atoms with E-state index in [9.17, 15) is 4.79 Å². The van der Waals surface area contributed by atoms with Crippen LogP contribution >= 0.6 is 0 Å². The SMILES string of the molecule is O=C(O)CC1(N2CC=CC2)CCCCC1. The number of carboxylic acid groups (broad SMARTS) is 1. The fourth-order valence-electron chi connectivity index (χ4n) is 2.96. The van der Waals surface area contributed by atoms with Crippen LogP contribution in [0.2, 0.25) is 0 Å². The molecule has 0 spiro atoms. The fraction of sp³-hybridized carbons (Fsp3) is 0.750. The molecule has 1 aliphatic carbocycles. The highest BCUT2D eigenvalue weighted by Crippen LogP contribution is 2.37. The maximum Gasteiger partial charge on any atom is 0.305 e. The first kappa shape index (κ1) is 10.7. The molecule has 1 aliphatic heterocycles. The molecule has 2 rings (SSSR count). The van der Waals surface area contributed by atoms with Crippen LogP contribution in [0.25, 0.3) is 0 Å². The van der Waals surface area contributed by atoms with Gasteiger partial charge in [0.25, 0.3) is 0 Å². The molecule has 1 saturated carbocycles. The molecule has 0 saturated heterocycles. The van der Waals surface area contributed by atoms with Crippen LogP contribution in [0.15, 0.2) is 12.2 Å². The van der Waals surface area contributed by atoms with Crippen molar-refractivity contribution >= 4 is 5.97 Å². The summed E-state index contributed by atoms with van der Waals surface area (Å²) >= 11 is 0. The Morgan fingerprint density at radius 2 is 1.80 bits per heavy atom. The molecule has 0 amide bonds. The van der Waals surface area contributed by atoms with Crippen molar-refractivity contribution in [3.8, 4) is 0 Å². The Hall–Kier alpha value is -0.830. The Kier molecular flexibility index (Phi) is 3.10. The van der Waals surface area contributed by atoms with Gasteiger partial charge >= 0.3 is 5.97 Å². The summed E-state index contributed by atoms with van der Waals surface area (Å²) in [6.07, 6.45) is 10.4. The van der Waals surface area contributed by atoms with Crippen molar-refractivity contribution in [3.63, 3.8) is 0 Å². The van der Waals surface area contributed by atoms with Gasteiger partial charge < -0.3 is 5.11 Å². The van der Waals surface area contributed by atoms with Crippen LogP contribution in [-0.2, 0) is 4.79 Å².